The molecule has 0 saturated carbocycles. The van der Waals surface area contributed by atoms with E-state index in [0.717, 1.165) is 37.5 Å². The van der Waals surface area contributed by atoms with Gasteiger partial charge >= 0.3 is 0 Å². The number of benzene rings is 1. The molecule has 1 saturated heterocycles. The van der Waals surface area contributed by atoms with Crippen LogP contribution in [0.25, 0.3) is 0 Å². The molecule has 0 spiro atoms. The molecule has 1 aliphatic heterocycles. The molecule has 6 heteroatoms. The normalized spacial score (nSPS) is 14.9. The Kier molecular flexibility index (Phi) is 5.51. The van der Waals surface area contributed by atoms with Crippen molar-refractivity contribution in [2.45, 2.75) is 19.8 Å². The van der Waals surface area contributed by atoms with E-state index >= 15 is 0 Å². The number of nitrogens with zero attached hydrogens (tertiary/aromatic N) is 2. The maximum absolute atomic E-state index is 11.4. The van der Waals surface area contributed by atoms with Crippen molar-refractivity contribution >= 4 is 17.4 Å². The maximum atomic E-state index is 11.4. The number of nitrogen functional groups attached to an aromatic ring is 1. The third-order valence-corrected chi connectivity index (χ3v) is 4.72. The number of piperidine rings is 1. The lowest BCUT2D eigenvalue weighted by molar-refractivity contribution is 0.101. The van der Waals surface area contributed by atoms with E-state index in [4.69, 9.17) is 15.9 Å². The number of hydrogen-bond acceptors (Lipinski definition) is 5. The van der Waals surface area contributed by atoms with Crippen LogP contribution in [0.2, 0.25) is 0 Å². The van der Waals surface area contributed by atoms with Crippen molar-refractivity contribution in [2.75, 3.05) is 24.6 Å². The van der Waals surface area contributed by atoms with Crippen LogP contribution in [0.1, 0.15) is 35.7 Å². The average molecular weight is 352 g/mol. The first-order valence-corrected chi connectivity index (χ1v) is 8.82. The fraction of sp³-hybridized carbons (Fsp3) is 0.350. The van der Waals surface area contributed by atoms with E-state index in [0.29, 0.717) is 23.7 Å². The lowest BCUT2D eigenvalue weighted by Gasteiger charge is -2.32. The quantitative estimate of drug-likeness (QED) is 0.474. The third kappa shape index (κ3) is 4.39. The van der Waals surface area contributed by atoms with E-state index < -0.39 is 0 Å². The van der Waals surface area contributed by atoms with E-state index in [9.17, 15) is 4.79 Å². The van der Waals surface area contributed by atoms with Gasteiger partial charge in [0.25, 0.3) is 0 Å². The molecule has 3 N–H and O–H groups in total. The molecule has 6 nitrogen and oxygen atoms in total. The van der Waals surface area contributed by atoms with Crippen molar-refractivity contribution < 1.29 is 9.53 Å². The molecule has 2 aromatic rings. The summed E-state index contributed by atoms with van der Waals surface area (Å²) in [6.45, 7) is 4.07. The van der Waals surface area contributed by atoms with E-state index in [1.807, 2.05) is 24.3 Å². The van der Waals surface area contributed by atoms with Gasteiger partial charge in [0.05, 0.1) is 6.61 Å². The number of anilines is 1. The third-order valence-electron chi connectivity index (χ3n) is 4.72. The summed E-state index contributed by atoms with van der Waals surface area (Å²) in [5.41, 5.74) is 6.79. The number of hydrogen-bond donors (Lipinski definition) is 2. The number of Topliss-reactive ketones (excluding diaryl/α,β-unsaturated/α-hetero) is 1. The minimum atomic E-state index is 0.0359. The van der Waals surface area contributed by atoms with Crippen LogP contribution >= 0.6 is 0 Å². The molecule has 26 heavy (non-hydrogen) atoms. The van der Waals surface area contributed by atoms with E-state index in [1.54, 1.807) is 25.3 Å². The van der Waals surface area contributed by atoms with Crippen LogP contribution in [-0.2, 0) is 0 Å². The minimum absolute atomic E-state index is 0.0359. The molecule has 2 heterocycles. The summed E-state index contributed by atoms with van der Waals surface area (Å²) >= 11 is 0. The molecular weight excluding hydrogens is 328 g/mol. The Morgan fingerprint density at radius 1 is 1.27 bits per heavy atom. The Morgan fingerprint density at radius 2 is 2.04 bits per heavy atom. The summed E-state index contributed by atoms with van der Waals surface area (Å²) in [6, 6.07) is 11.1. The second-order valence-electron chi connectivity index (χ2n) is 6.64. The van der Waals surface area contributed by atoms with Crippen LogP contribution < -0.4 is 15.4 Å². The Morgan fingerprint density at radius 3 is 2.65 bits per heavy atom. The van der Waals surface area contributed by atoms with Crippen LogP contribution in [0.15, 0.2) is 42.6 Å². The smallest absolute Gasteiger partial charge is 0.159 e. The van der Waals surface area contributed by atoms with Gasteiger partial charge in [-0.2, -0.15) is 0 Å². The predicted octanol–water partition coefficient (Wildman–Crippen LogP) is 2.86. The Bertz CT molecular complexity index is 781. The van der Waals surface area contributed by atoms with Gasteiger partial charge in [0.15, 0.2) is 5.78 Å². The summed E-state index contributed by atoms with van der Waals surface area (Å²) < 4.78 is 5.90. The van der Waals surface area contributed by atoms with Gasteiger partial charge in [-0.25, -0.2) is 4.98 Å². The summed E-state index contributed by atoms with van der Waals surface area (Å²) in [4.78, 5) is 18.1. The fourth-order valence-corrected chi connectivity index (χ4v) is 3.08. The minimum Gasteiger partial charge on any atom is -0.493 e. The summed E-state index contributed by atoms with van der Waals surface area (Å²) in [7, 11) is 0. The standard InChI is InChI=1S/C20H24N4O2/c1-14(25)16-3-2-4-18(11-16)26-13-15-7-9-24(10-8-15)19-6-5-17(12-23-19)20(21)22/h2-6,11-12,15H,7-10,13H2,1H3,(H3,21,22). The molecule has 1 aromatic carbocycles. The number of rotatable bonds is 6. The second-order valence-corrected chi connectivity index (χ2v) is 6.64. The number of nitrogens with two attached hydrogens (primary N) is 1. The topological polar surface area (TPSA) is 92.3 Å². The number of amidine groups is 1. The number of aromatic nitrogens is 1. The van der Waals surface area contributed by atoms with Crippen LogP contribution in [0.4, 0.5) is 5.82 Å². The first kappa shape index (κ1) is 17.9. The number of ketones is 1. The van der Waals surface area contributed by atoms with Crippen LogP contribution in [0.5, 0.6) is 5.75 Å². The molecule has 1 aromatic heterocycles. The highest BCUT2D eigenvalue weighted by atomic mass is 16.5. The predicted molar refractivity (Wildman–Crippen MR) is 102 cm³/mol. The second kappa shape index (κ2) is 7.99. The van der Waals surface area contributed by atoms with Gasteiger partial charge in [0, 0.05) is 30.4 Å². The highest BCUT2D eigenvalue weighted by Gasteiger charge is 2.21. The fourth-order valence-electron chi connectivity index (χ4n) is 3.08. The summed E-state index contributed by atoms with van der Waals surface area (Å²) in [6.07, 6.45) is 3.71. The number of nitrogens with one attached hydrogen (secondary N) is 1. The zero-order valence-corrected chi connectivity index (χ0v) is 14.9. The number of pyridine rings is 1. The van der Waals surface area contributed by atoms with Gasteiger partial charge in [-0.05, 0) is 49.9 Å². The molecule has 0 atom stereocenters. The number of carbonyl (C=O) groups is 1. The Balaban J connectivity index is 1.50. The highest BCUT2D eigenvalue weighted by molar-refractivity contribution is 5.95. The molecule has 1 aliphatic rings. The molecule has 0 aliphatic carbocycles. The van der Waals surface area contributed by atoms with Gasteiger partial charge in [0.2, 0.25) is 0 Å². The van der Waals surface area contributed by atoms with Crippen molar-refractivity contribution in [1.29, 1.82) is 5.41 Å². The number of ether oxygens (including phenoxy) is 1. The van der Waals surface area contributed by atoms with Crippen molar-refractivity contribution in [3.8, 4) is 5.75 Å². The van der Waals surface area contributed by atoms with Crippen LogP contribution in [-0.4, -0.2) is 36.3 Å². The molecule has 1 fully saturated rings. The largest absolute Gasteiger partial charge is 0.493 e. The van der Waals surface area contributed by atoms with Crippen molar-refractivity contribution in [1.82, 2.24) is 4.98 Å². The zero-order chi connectivity index (χ0) is 18.5. The van der Waals surface area contributed by atoms with E-state index in [2.05, 4.69) is 9.88 Å². The lowest BCUT2D eigenvalue weighted by atomic mass is 9.98. The maximum Gasteiger partial charge on any atom is 0.159 e. The van der Waals surface area contributed by atoms with E-state index in [1.165, 1.54) is 0 Å². The van der Waals surface area contributed by atoms with Gasteiger partial charge in [-0.1, -0.05) is 12.1 Å². The zero-order valence-electron chi connectivity index (χ0n) is 14.9. The van der Waals surface area contributed by atoms with Gasteiger partial charge in [-0.3, -0.25) is 10.2 Å². The molecule has 136 valence electrons. The van der Waals surface area contributed by atoms with Crippen molar-refractivity contribution in [3.05, 3.63) is 53.7 Å². The summed E-state index contributed by atoms with van der Waals surface area (Å²) in [5, 5.41) is 7.42. The molecule has 0 bridgehead atoms. The van der Waals surface area contributed by atoms with Crippen LogP contribution in [0.3, 0.4) is 0 Å². The SMILES string of the molecule is CC(=O)c1cccc(OCC2CCN(c3ccc(C(=N)N)cn3)CC2)c1. The monoisotopic (exact) mass is 352 g/mol. The number of carbonyl (C=O) groups excluding carboxylic acids is 1. The lowest BCUT2D eigenvalue weighted by Crippen LogP contribution is -2.36. The van der Waals surface area contributed by atoms with Gasteiger partial charge in [-0.15, -0.1) is 0 Å². The molecule has 0 radical (unpaired) electrons. The Labute approximate surface area is 153 Å². The van der Waals surface area contributed by atoms with Gasteiger partial charge in [0.1, 0.15) is 17.4 Å². The summed E-state index contributed by atoms with van der Waals surface area (Å²) in [5.74, 6) is 2.25. The van der Waals surface area contributed by atoms with E-state index in [-0.39, 0.29) is 11.6 Å². The molecule has 3 rings (SSSR count). The molecule has 0 unspecified atom stereocenters. The Hall–Kier alpha value is -2.89. The molecule has 0 amide bonds. The van der Waals surface area contributed by atoms with Gasteiger partial charge < -0.3 is 15.4 Å². The van der Waals surface area contributed by atoms with Crippen LogP contribution in [0, 0.1) is 11.3 Å². The molecular formula is C20H24N4O2. The first-order valence-electron chi connectivity index (χ1n) is 8.82. The average Bonchev–Trinajstić information content (AvgIpc) is 2.67. The van der Waals surface area contributed by atoms with Crippen molar-refractivity contribution in [3.63, 3.8) is 0 Å². The first-order chi connectivity index (χ1) is 12.5. The van der Waals surface area contributed by atoms with Crippen molar-refractivity contribution in [2.24, 2.45) is 11.7 Å². The highest BCUT2D eigenvalue weighted by Crippen LogP contribution is 2.23.